The molecule has 12 atom stereocenters. The van der Waals surface area contributed by atoms with Crippen molar-refractivity contribution in [2.24, 2.45) is 17.8 Å². The lowest BCUT2D eigenvalue weighted by Gasteiger charge is -2.42. The predicted molar refractivity (Wildman–Crippen MR) is 366 cm³/mol. The second-order valence-corrected chi connectivity index (χ2v) is 31.7. The molecular weight excluding hydrogens is 1250 g/mol. The number of likely N-dealkylation sites (tertiary alicyclic amines) is 4. The molecule has 23 heteroatoms. The fraction of sp³-hybridized carbons (Fsp3) is 0.761. The van der Waals surface area contributed by atoms with Gasteiger partial charge >= 0.3 is 36.2 Å². The third-order valence-electron chi connectivity index (χ3n) is 16.5. The topological polar surface area (TPSA) is 228 Å². The molecule has 8 rings (SSSR count). The normalized spacial score (nSPS) is 27.4. The fourth-order valence-corrected chi connectivity index (χ4v) is 13.1. The van der Waals surface area contributed by atoms with Crippen molar-refractivity contribution in [1.29, 1.82) is 0 Å². The highest BCUT2D eigenvalue weighted by Gasteiger charge is 2.54. The van der Waals surface area contributed by atoms with E-state index in [-0.39, 0.29) is 85.7 Å². The molecule has 0 saturated carbocycles. The van der Waals surface area contributed by atoms with Crippen LogP contribution in [0.3, 0.4) is 0 Å². The summed E-state index contributed by atoms with van der Waals surface area (Å²) in [6, 6.07) is -4.54. The number of alkyl halides is 2. The minimum absolute atomic E-state index is 0. The lowest BCUT2D eigenvalue weighted by Crippen LogP contribution is -2.60. The lowest BCUT2D eigenvalue weighted by atomic mass is 9.88. The molecule has 2 unspecified atom stereocenters. The minimum atomic E-state index is -0.772. The molecule has 0 spiro atoms. The molecular formula is C71H116Cl2N6O15. The highest BCUT2D eigenvalue weighted by Crippen LogP contribution is 2.40. The van der Waals surface area contributed by atoms with E-state index in [1.54, 1.807) is 78.2 Å². The maximum absolute atomic E-state index is 13.9. The molecule has 534 valence electrons. The smallest absolute Gasteiger partial charge is 0.410 e. The summed E-state index contributed by atoms with van der Waals surface area (Å²) in [5, 5.41) is 0.194. The molecule has 0 aliphatic carbocycles. The summed E-state index contributed by atoms with van der Waals surface area (Å²) in [5.41, 5.74) is -3.84. The van der Waals surface area contributed by atoms with Crippen LogP contribution in [0.25, 0.3) is 0 Å². The van der Waals surface area contributed by atoms with Crippen molar-refractivity contribution in [3.8, 4) is 0 Å². The van der Waals surface area contributed by atoms with E-state index in [1.807, 2.05) is 95.2 Å². The summed E-state index contributed by atoms with van der Waals surface area (Å²) in [6.45, 7) is 41.7. The van der Waals surface area contributed by atoms with Crippen LogP contribution in [0.4, 0.5) is 14.4 Å². The van der Waals surface area contributed by atoms with E-state index in [0.29, 0.717) is 45.3 Å². The van der Waals surface area contributed by atoms with Gasteiger partial charge in [-0.1, -0.05) is 51.3 Å². The Bertz CT molecular complexity index is 2610. The quantitative estimate of drug-likeness (QED) is 0.104. The lowest BCUT2D eigenvalue weighted by molar-refractivity contribution is -0.165. The second-order valence-electron chi connectivity index (χ2n) is 30.9. The van der Waals surface area contributed by atoms with Gasteiger partial charge in [-0.3, -0.25) is 29.1 Å². The van der Waals surface area contributed by atoms with Gasteiger partial charge in [0.2, 0.25) is 17.7 Å². The van der Waals surface area contributed by atoms with Crippen LogP contribution in [0.5, 0.6) is 0 Å². The molecule has 0 aromatic rings. The third-order valence-corrected chi connectivity index (χ3v) is 16.5. The first-order valence-corrected chi connectivity index (χ1v) is 33.9. The molecule has 8 aliphatic rings. The molecule has 8 aliphatic heterocycles. The van der Waals surface area contributed by atoms with Crippen molar-refractivity contribution < 1.29 is 71.6 Å². The van der Waals surface area contributed by atoms with Gasteiger partial charge in [-0.2, -0.15) is 0 Å². The Morgan fingerprint density at radius 2 is 0.766 bits per heavy atom. The van der Waals surface area contributed by atoms with Crippen molar-refractivity contribution in [3.05, 3.63) is 49.6 Å². The molecule has 94 heavy (non-hydrogen) atoms. The second kappa shape index (κ2) is 33.4. The zero-order valence-corrected chi connectivity index (χ0v) is 59.7. The van der Waals surface area contributed by atoms with Gasteiger partial charge < -0.3 is 43.1 Å². The number of nitrogens with zero attached hydrogens (tertiary/aromatic N) is 6. The van der Waals surface area contributed by atoms with Gasteiger partial charge in [0.25, 0.3) is 0 Å². The molecule has 6 fully saturated rings. The van der Waals surface area contributed by atoms with Gasteiger partial charge in [0.1, 0.15) is 69.9 Å². The number of fused-ring (bicyclic) bond motifs is 4. The maximum atomic E-state index is 13.9. The summed E-state index contributed by atoms with van der Waals surface area (Å²) in [5.74, 6) is -2.16. The number of hydrogen-bond acceptors (Lipinski definition) is 15. The van der Waals surface area contributed by atoms with Crippen LogP contribution in [0, 0.1) is 17.8 Å². The van der Waals surface area contributed by atoms with Crippen molar-refractivity contribution in [3.63, 3.8) is 0 Å². The van der Waals surface area contributed by atoms with Crippen LogP contribution in [0.2, 0.25) is 0 Å². The number of carbonyl (C=O) groups excluding carboxylic acids is 9. The minimum Gasteiger partial charge on any atom is -0.458 e. The molecule has 0 bridgehead atoms. The highest BCUT2D eigenvalue weighted by atomic mass is 35.5. The van der Waals surface area contributed by atoms with Gasteiger partial charge in [-0.25, -0.2) is 28.8 Å². The van der Waals surface area contributed by atoms with Gasteiger partial charge in [0.05, 0.1) is 23.5 Å². The van der Waals surface area contributed by atoms with Crippen molar-refractivity contribution in [2.75, 3.05) is 25.0 Å². The van der Waals surface area contributed by atoms with Gasteiger partial charge in [-0.05, 0) is 202 Å². The summed E-state index contributed by atoms with van der Waals surface area (Å²) >= 11 is 9.53. The number of ether oxygens (including phenoxy) is 6. The Labute approximate surface area is 572 Å². The van der Waals surface area contributed by atoms with E-state index in [9.17, 15) is 43.2 Å². The summed E-state index contributed by atoms with van der Waals surface area (Å²) in [7, 11) is 0. The SMILES string of the molecule is C.C.C=CC1CCCN(C(=O)OC(C)(C)C)C1C(=O)N1[C@@H](C=C)CC[C@H]1C(=O)OC(C)(C)C.CC(C)(C)OC(=O)[C@@H]1CC[C@@H]2C=C[C@@H]3CCCN(C(=O)OC(C)(C)C)[C@H]3C(=O)N21.CC(C)(C)OC(=O)[C@@H]1CC[C@@H]2C=C[C@H]3CCCN(C(=O)OC(C)(C)C)[C@@H]3C(=O)N21.ClCCl. The standard InChI is InChI=1S/C24H38N2O5.2C22H34N2O5.CH2Cl2.2CH4/c1-9-16-12-11-15-25(22(29)31-24(6,7)8)19(16)20(27)26-17(10-2)13-14-18(26)21(28)30-23(3,4)5;2*1-21(2,3)28-19(26)16-12-11-15-10-9-14-8-7-13-23(17(14)18(25)24(15)16)20(27)29-22(4,5)6;2-1-3;;/h9-10,16-19H,1-2,11-15H2,3-8H3;2*9-10,14-17H,7-8,11-13H2,1-6H3;1H2;2*1H4/t16?,17-,18-,19?;14-,15+,16+,17+;14-,15-,16-,17+;;;/m010.../s1. The molecule has 0 aromatic carbocycles. The van der Waals surface area contributed by atoms with Crippen molar-refractivity contribution in [1.82, 2.24) is 29.4 Å². The number of rotatable bonds is 6. The Morgan fingerprint density at radius 1 is 0.447 bits per heavy atom. The predicted octanol–water partition coefficient (Wildman–Crippen LogP) is 13.3. The number of carbonyl (C=O) groups is 9. The van der Waals surface area contributed by atoms with Crippen LogP contribution in [-0.2, 0) is 57.2 Å². The number of hydrogen-bond donors (Lipinski definition) is 0. The van der Waals surface area contributed by atoms with E-state index < -0.39 is 94.1 Å². The molecule has 21 nitrogen and oxygen atoms in total. The molecule has 0 radical (unpaired) electrons. The van der Waals surface area contributed by atoms with Crippen molar-refractivity contribution in [2.45, 2.75) is 305 Å². The maximum Gasteiger partial charge on any atom is 0.410 e. The van der Waals surface area contributed by atoms with Crippen LogP contribution in [0.15, 0.2) is 49.6 Å². The Balaban J connectivity index is 0.000000356. The van der Waals surface area contributed by atoms with Gasteiger partial charge in [0.15, 0.2) is 0 Å². The van der Waals surface area contributed by atoms with Crippen molar-refractivity contribution >= 4 is 77.1 Å². The average Bonchev–Trinajstić information content (AvgIpc) is 1.57. The summed E-state index contributed by atoms with van der Waals surface area (Å²) in [4.78, 5) is 128. The van der Waals surface area contributed by atoms with E-state index >= 15 is 0 Å². The summed E-state index contributed by atoms with van der Waals surface area (Å²) in [6.07, 6.45) is 18.6. The highest BCUT2D eigenvalue weighted by molar-refractivity contribution is 6.40. The third kappa shape index (κ3) is 22.4. The fourth-order valence-electron chi connectivity index (χ4n) is 13.1. The van der Waals surface area contributed by atoms with Gasteiger partial charge in [-0.15, -0.1) is 36.4 Å². The molecule has 6 amide bonds. The Hall–Kier alpha value is -5.83. The molecule has 0 N–H and O–H groups in total. The molecule has 6 saturated heterocycles. The largest absolute Gasteiger partial charge is 0.458 e. The van der Waals surface area contributed by atoms with Gasteiger partial charge in [0, 0.05) is 37.4 Å². The Kier molecular flexibility index (Phi) is 29.3. The zero-order chi connectivity index (χ0) is 69.4. The average molecular weight is 1360 g/mol. The summed E-state index contributed by atoms with van der Waals surface area (Å²) < 4.78 is 33.4. The molecule has 8 heterocycles. The molecule has 0 aromatic heterocycles. The van der Waals surface area contributed by atoms with Crippen LogP contribution in [0.1, 0.15) is 217 Å². The van der Waals surface area contributed by atoms with Crippen LogP contribution in [-0.4, -0.2) is 196 Å². The van der Waals surface area contributed by atoms with E-state index in [4.69, 9.17) is 51.6 Å². The zero-order valence-electron chi connectivity index (χ0n) is 58.2. The Morgan fingerprint density at radius 3 is 1.11 bits per heavy atom. The first kappa shape index (κ1) is 82.4. The van der Waals surface area contributed by atoms with E-state index in [0.717, 1.165) is 51.4 Å². The van der Waals surface area contributed by atoms with E-state index in [2.05, 4.69) is 25.3 Å². The van der Waals surface area contributed by atoms with Crippen LogP contribution < -0.4 is 0 Å². The number of halogens is 2. The van der Waals surface area contributed by atoms with E-state index in [1.165, 1.54) is 4.90 Å². The first-order valence-electron chi connectivity index (χ1n) is 32.8. The number of piperidine rings is 3. The number of esters is 3. The van der Waals surface area contributed by atoms with Crippen LogP contribution >= 0.6 is 23.2 Å². The monoisotopic (exact) mass is 1360 g/mol. The number of amides is 6. The first-order chi connectivity index (χ1) is 42.4.